The summed E-state index contributed by atoms with van der Waals surface area (Å²) in [7, 11) is -1.93. The number of hydrogen-bond donors (Lipinski definition) is 1. The topological polar surface area (TPSA) is 83.9 Å². The second-order valence-electron chi connectivity index (χ2n) is 3.65. The second-order valence-corrected chi connectivity index (χ2v) is 5.66. The summed E-state index contributed by atoms with van der Waals surface area (Å²) in [5.74, 6) is -0.707. The molecule has 1 N–H and O–H groups in total. The molecule has 1 aromatic rings. The first-order chi connectivity index (χ1) is 8.27. The largest absolute Gasteiger partial charge is 0.322 e. The molecule has 0 aliphatic carbocycles. The van der Waals surface area contributed by atoms with E-state index < -0.39 is 15.7 Å². The standard InChI is InChI=1S/C11H13NO5S/c1-8(17-14)12(2)11(13)9-4-6-10(7-5-9)18(3,15)16/h4-7,14H,1H2,2-3H3. The molecule has 6 nitrogen and oxygen atoms in total. The summed E-state index contributed by atoms with van der Waals surface area (Å²) in [6.45, 7) is 3.31. The maximum Gasteiger partial charge on any atom is 0.260 e. The van der Waals surface area contributed by atoms with Gasteiger partial charge in [0.15, 0.2) is 9.84 Å². The lowest BCUT2D eigenvalue weighted by Gasteiger charge is -2.16. The van der Waals surface area contributed by atoms with Crippen molar-refractivity contribution in [1.29, 1.82) is 0 Å². The van der Waals surface area contributed by atoms with Crippen molar-refractivity contribution in [2.45, 2.75) is 4.90 Å². The summed E-state index contributed by atoms with van der Waals surface area (Å²) in [4.78, 5) is 16.8. The zero-order valence-corrected chi connectivity index (χ0v) is 10.8. The van der Waals surface area contributed by atoms with Crippen molar-refractivity contribution in [3.8, 4) is 0 Å². The predicted octanol–water partition coefficient (Wildman–Crippen LogP) is 1.12. The number of carbonyl (C=O) groups excluding carboxylic acids is 1. The van der Waals surface area contributed by atoms with Crippen molar-refractivity contribution >= 4 is 15.7 Å². The third-order valence-corrected chi connectivity index (χ3v) is 3.44. The fraction of sp³-hybridized carbons (Fsp3) is 0.182. The number of amides is 1. The van der Waals surface area contributed by atoms with E-state index in [9.17, 15) is 13.2 Å². The van der Waals surface area contributed by atoms with E-state index in [0.29, 0.717) is 0 Å². The monoisotopic (exact) mass is 271 g/mol. The molecule has 98 valence electrons. The number of rotatable bonds is 4. The predicted molar refractivity (Wildman–Crippen MR) is 64.5 cm³/mol. The van der Waals surface area contributed by atoms with Crippen LogP contribution < -0.4 is 0 Å². The molecule has 0 fully saturated rings. The van der Waals surface area contributed by atoms with E-state index in [1.54, 1.807) is 0 Å². The molecule has 0 aromatic heterocycles. The van der Waals surface area contributed by atoms with E-state index in [1.807, 2.05) is 0 Å². The van der Waals surface area contributed by atoms with Crippen molar-refractivity contribution in [3.05, 3.63) is 42.3 Å². The minimum Gasteiger partial charge on any atom is -0.322 e. The van der Waals surface area contributed by atoms with Crippen LogP contribution in [-0.4, -0.2) is 37.8 Å². The third-order valence-electron chi connectivity index (χ3n) is 2.31. The minimum atomic E-state index is -3.29. The first-order valence-corrected chi connectivity index (χ1v) is 6.75. The summed E-state index contributed by atoms with van der Waals surface area (Å²) in [6.07, 6.45) is 1.08. The Bertz CT molecular complexity index is 562. The maximum absolute atomic E-state index is 11.8. The fourth-order valence-corrected chi connectivity index (χ4v) is 1.84. The molecule has 0 saturated carbocycles. The van der Waals surface area contributed by atoms with Gasteiger partial charge in [-0.05, 0) is 30.8 Å². The van der Waals surface area contributed by atoms with E-state index in [2.05, 4.69) is 11.5 Å². The number of carbonyl (C=O) groups is 1. The highest BCUT2D eigenvalue weighted by Gasteiger charge is 2.16. The van der Waals surface area contributed by atoms with Crippen LogP contribution in [-0.2, 0) is 14.7 Å². The van der Waals surface area contributed by atoms with E-state index in [0.717, 1.165) is 11.2 Å². The molecule has 18 heavy (non-hydrogen) atoms. The van der Waals surface area contributed by atoms with Crippen molar-refractivity contribution in [1.82, 2.24) is 4.90 Å². The molecule has 0 radical (unpaired) electrons. The smallest absolute Gasteiger partial charge is 0.260 e. The molecule has 0 aliphatic rings. The zero-order chi connectivity index (χ0) is 13.9. The highest BCUT2D eigenvalue weighted by Crippen LogP contribution is 2.13. The lowest BCUT2D eigenvalue weighted by molar-refractivity contribution is -0.218. The Morgan fingerprint density at radius 1 is 1.33 bits per heavy atom. The Morgan fingerprint density at radius 3 is 2.22 bits per heavy atom. The number of nitrogens with zero attached hydrogens (tertiary/aromatic N) is 1. The van der Waals surface area contributed by atoms with Crippen LogP contribution in [0.4, 0.5) is 0 Å². The SMILES string of the molecule is C=C(OO)N(C)C(=O)c1ccc(S(C)(=O)=O)cc1. The van der Waals surface area contributed by atoms with Crippen LogP contribution in [0.2, 0.25) is 0 Å². The van der Waals surface area contributed by atoms with Crippen molar-refractivity contribution in [2.75, 3.05) is 13.3 Å². The molecule has 7 heteroatoms. The molecule has 0 heterocycles. The highest BCUT2D eigenvalue weighted by molar-refractivity contribution is 7.90. The Morgan fingerprint density at radius 2 is 1.83 bits per heavy atom. The Labute approximate surface area is 105 Å². The van der Waals surface area contributed by atoms with Gasteiger partial charge in [0.05, 0.1) is 4.90 Å². The van der Waals surface area contributed by atoms with Crippen LogP contribution in [0.25, 0.3) is 0 Å². The van der Waals surface area contributed by atoms with Crippen molar-refractivity contribution in [2.24, 2.45) is 0 Å². The Hall–Kier alpha value is -1.86. The van der Waals surface area contributed by atoms with Crippen molar-refractivity contribution in [3.63, 3.8) is 0 Å². The second kappa shape index (κ2) is 5.19. The van der Waals surface area contributed by atoms with Gasteiger partial charge in [0.1, 0.15) is 0 Å². The maximum atomic E-state index is 11.8. The molecule has 1 aromatic carbocycles. The third kappa shape index (κ3) is 3.08. The van der Waals surface area contributed by atoms with Gasteiger partial charge in [-0.15, -0.1) is 0 Å². The van der Waals surface area contributed by atoms with Crippen LogP contribution in [0.1, 0.15) is 10.4 Å². The van der Waals surface area contributed by atoms with Gasteiger partial charge in [-0.25, -0.2) is 13.7 Å². The van der Waals surface area contributed by atoms with Gasteiger partial charge in [0.25, 0.3) is 5.91 Å². The molecule has 1 rings (SSSR count). The van der Waals surface area contributed by atoms with Crippen LogP contribution in [0.5, 0.6) is 0 Å². The number of benzene rings is 1. The molecule has 0 aliphatic heterocycles. The lowest BCUT2D eigenvalue weighted by Crippen LogP contribution is -2.26. The molecule has 0 spiro atoms. The summed E-state index contributed by atoms with van der Waals surface area (Å²) < 4.78 is 22.5. The summed E-state index contributed by atoms with van der Waals surface area (Å²) in [6, 6.07) is 5.41. The molecule has 0 saturated heterocycles. The molecule has 0 unspecified atom stereocenters. The zero-order valence-electron chi connectivity index (χ0n) is 9.95. The average Bonchev–Trinajstić information content (AvgIpc) is 2.35. The van der Waals surface area contributed by atoms with E-state index >= 15 is 0 Å². The van der Waals surface area contributed by atoms with E-state index in [1.165, 1.54) is 31.3 Å². The first-order valence-electron chi connectivity index (χ1n) is 4.86. The minimum absolute atomic E-state index is 0.124. The van der Waals surface area contributed by atoms with Gasteiger partial charge in [-0.2, -0.15) is 0 Å². The summed E-state index contributed by atoms with van der Waals surface area (Å²) >= 11 is 0. The summed E-state index contributed by atoms with van der Waals surface area (Å²) in [5.41, 5.74) is 0.253. The van der Waals surface area contributed by atoms with Crippen molar-refractivity contribution < 1.29 is 23.4 Å². The number of hydrogen-bond acceptors (Lipinski definition) is 5. The van der Waals surface area contributed by atoms with Gasteiger partial charge in [-0.3, -0.25) is 9.69 Å². The Kier molecular flexibility index (Phi) is 4.10. The summed E-state index contributed by atoms with van der Waals surface area (Å²) in [5, 5.41) is 8.38. The molecular formula is C11H13NO5S. The molecule has 0 atom stereocenters. The van der Waals surface area contributed by atoms with Gasteiger partial charge in [-0.1, -0.05) is 0 Å². The quantitative estimate of drug-likeness (QED) is 0.504. The molecule has 0 bridgehead atoms. The van der Waals surface area contributed by atoms with Gasteiger partial charge in [0.2, 0.25) is 5.88 Å². The van der Waals surface area contributed by atoms with Gasteiger partial charge < -0.3 is 4.89 Å². The van der Waals surface area contributed by atoms with Gasteiger partial charge >= 0.3 is 0 Å². The number of sulfone groups is 1. The first kappa shape index (κ1) is 14.2. The highest BCUT2D eigenvalue weighted by atomic mass is 32.2. The van der Waals surface area contributed by atoms with Crippen LogP contribution >= 0.6 is 0 Å². The van der Waals surface area contributed by atoms with Crippen LogP contribution in [0.15, 0.2) is 41.6 Å². The average molecular weight is 271 g/mol. The Balaban J connectivity index is 2.99. The normalized spacial score (nSPS) is 10.8. The molecular weight excluding hydrogens is 258 g/mol. The lowest BCUT2D eigenvalue weighted by atomic mass is 10.2. The fourth-order valence-electron chi connectivity index (χ4n) is 1.21. The van der Waals surface area contributed by atoms with Crippen LogP contribution in [0, 0.1) is 0 Å². The van der Waals surface area contributed by atoms with Crippen LogP contribution in [0.3, 0.4) is 0 Å². The van der Waals surface area contributed by atoms with Gasteiger partial charge in [0, 0.05) is 18.9 Å². The molecule has 1 amide bonds. The van der Waals surface area contributed by atoms with E-state index in [4.69, 9.17) is 5.26 Å². The van der Waals surface area contributed by atoms with E-state index in [-0.39, 0.29) is 16.3 Å².